The summed E-state index contributed by atoms with van der Waals surface area (Å²) in [6.07, 6.45) is 2.76. The van der Waals surface area contributed by atoms with Crippen molar-refractivity contribution in [2.24, 2.45) is 0 Å². The topological polar surface area (TPSA) is 17.8 Å². The van der Waals surface area contributed by atoms with Gasteiger partial charge in [0.1, 0.15) is 0 Å². The lowest BCUT2D eigenvalue weighted by molar-refractivity contribution is 0.840. The van der Waals surface area contributed by atoms with Crippen LogP contribution in [0.25, 0.3) is 22.3 Å². The minimum Gasteiger partial charge on any atom is -0.334 e. The Balaban J connectivity index is 1.76. The molecule has 0 N–H and O–H groups in total. The van der Waals surface area contributed by atoms with E-state index >= 15 is 0 Å². The first-order valence-electron chi connectivity index (χ1n) is 9.99. The second-order valence-electron chi connectivity index (χ2n) is 7.30. The molecule has 3 aromatic carbocycles. The van der Waals surface area contributed by atoms with E-state index in [1.807, 2.05) is 12.3 Å². The molecule has 0 aliphatic carbocycles. The van der Waals surface area contributed by atoms with E-state index in [9.17, 15) is 0 Å². The zero-order valence-corrected chi connectivity index (χ0v) is 16.2. The number of rotatable bonds is 5. The highest BCUT2D eigenvalue weighted by Gasteiger charge is 2.19. The van der Waals surface area contributed by atoms with Crippen LogP contribution in [-0.4, -0.2) is 9.55 Å². The van der Waals surface area contributed by atoms with E-state index in [1.54, 1.807) is 0 Å². The average Bonchev–Trinajstić information content (AvgIpc) is 3.09. The molecule has 0 spiro atoms. The molecule has 29 heavy (non-hydrogen) atoms. The molecule has 5 rings (SSSR count). The summed E-state index contributed by atoms with van der Waals surface area (Å²) in [5, 5.41) is 0. The van der Waals surface area contributed by atoms with Crippen molar-refractivity contribution >= 4 is 11.0 Å². The molecular formula is C27H22N2. The summed E-state index contributed by atoms with van der Waals surface area (Å²) in [5.74, 6) is 0. The van der Waals surface area contributed by atoms with Crippen LogP contribution in [-0.2, 0) is 13.0 Å². The van der Waals surface area contributed by atoms with Crippen molar-refractivity contribution in [3.8, 4) is 11.3 Å². The lowest BCUT2D eigenvalue weighted by atomic mass is 10.0. The van der Waals surface area contributed by atoms with Gasteiger partial charge in [0.2, 0.25) is 0 Å². The quantitative estimate of drug-likeness (QED) is 0.351. The first-order valence-corrected chi connectivity index (χ1v) is 9.99. The molecule has 5 aromatic rings. The van der Waals surface area contributed by atoms with Crippen molar-refractivity contribution in [3.05, 3.63) is 126 Å². The predicted molar refractivity (Wildman–Crippen MR) is 120 cm³/mol. The number of pyridine rings is 1. The summed E-state index contributed by atoms with van der Waals surface area (Å²) in [5.41, 5.74) is 8.63. The molecule has 0 fully saturated rings. The van der Waals surface area contributed by atoms with Crippen molar-refractivity contribution in [2.75, 3.05) is 0 Å². The molecule has 0 amide bonds. The Hall–Kier alpha value is -3.65. The fourth-order valence-electron chi connectivity index (χ4n) is 4.07. The van der Waals surface area contributed by atoms with Gasteiger partial charge in [-0.2, -0.15) is 0 Å². The zero-order chi connectivity index (χ0) is 19.5. The Labute approximate surface area is 171 Å². The Morgan fingerprint density at radius 1 is 0.621 bits per heavy atom. The second kappa shape index (κ2) is 7.76. The molecule has 2 heterocycles. The number of hydrogen-bond acceptors (Lipinski definition) is 1. The van der Waals surface area contributed by atoms with E-state index in [0.717, 1.165) is 18.5 Å². The number of hydrogen-bond donors (Lipinski definition) is 0. The van der Waals surface area contributed by atoms with Gasteiger partial charge in [-0.05, 0) is 28.8 Å². The van der Waals surface area contributed by atoms with E-state index in [1.165, 1.54) is 33.5 Å². The average molecular weight is 374 g/mol. The van der Waals surface area contributed by atoms with E-state index in [0.29, 0.717) is 0 Å². The van der Waals surface area contributed by atoms with Crippen LogP contribution in [0, 0.1) is 0 Å². The molecule has 0 saturated carbocycles. The smallest absolute Gasteiger partial charge is 0.0922 e. The van der Waals surface area contributed by atoms with Crippen molar-refractivity contribution in [3.63, 3.8) is 0 Å². The minimum absolute atomic E-state index is 0.821. The molecule has 140 valence electrons. The van der Waals surface area contributed by atoms with Crippen LogP contribution in [0.1, 0.15) is 16.7 Å². The summed E-state index contributed by atoms with van der Waals surface area (Å²) in [4.78, 5) is 4.80. The monoisotopic (exact) mass is 374 g/mol. The van der Waals surface area contributed by atoms with Crippen LogP contribution in [0.3, 0.4) is 0 Å². The molecular weight excluding hydrogens is 352 g/mol. The summed E-state index contributed by atoms with van der Waals surface area (Å²) in [6.45, 7) is 0.821. The Morgan fingerprint density at radius 2 is 1.24 bits per heavy atom. The highest BCUT2D eigenvalue weighted by Crippen LogP contribution is 2.35. The van der Waals surface area contributed by atoms with Crippen molar-refractivity contribution in [1.29, 1.82) is 0 Å². The van der Waals surface area contributed by atoms with Gasteiger partial charge in [-0.15, -0.1) is 0 Å². The maximum absolute atomic E-state index is 4.80. The molecule has 2 aromatic heterocycles. The van der Waals surface area contributed by atoms with Crippen molar-refractivity contribution in [2.45, 2.75) is 13.0 Å². The Morgan fingerprint density at radius 3 is 1.93 bits per heavy atom. The molecule has 0 unspecified atom stereocenters. The number of fused-ring (bicyclic) bond motifs is 1. The van der Waals surface area contributed by atoms with Gasteiger partial charge >= 0.3 is 0 Å². The van der Waals surface area contributed by atoms with Gasteiger partial charge in [-0.3, -0.25) is 4.98 Å². The summed E-state index contributed by atoms with van der Waals surface area (Å²) >= 11 is 0. The van der Waals surface area contributed by atoms with Crippen LogP contribution < -0.4 is 0 Å². The van der Waals surface area contributed by atoms with Crippen LogP contribution in [0.2, 0.25) is 0 Å². The normalized spacial score (nSPS) is 11.0. The summed E-state index contributed by atoms with van der Waals surface area (Å²) in [6, 6.07) is 36.2. The molecule has 0 radical (unpaired) electrons. The number of benzene rings is 3. The molecule has 0 bridgehead atoms. The summed E-state index contributed by atoms with van der Waals surface area (Å²) < 4.78 is 2.42. The molecule has 0 atom stereocenters. The lowest BCUT2D eigenvalue weighted by Crippen LogP contribution is -2.03. The first-order chi connectivity index (χ1) is 14.4. The fraction of sp³-hybridized carbons (Fsp3) is 0.0741. The molecule has 2 nitrogen and oxygen atoms in total. The van der Waals surface area contributed by atoms with Gasteiger partial charge in [0, 0.05) is 24.7 Å². The van der Waals surface area contributed by atoms with Crippen molar-refractivity contribution in [1.82, 2.24) is 9.55 Å². The third-order valence-corrected chi connectivity index (χ3v) is 5.37. The summed E-state index contributed by atoms with van der Waals surface area (Å²) in [7, 11) is 0. The van der Waals surface area contributed by atoms with E-state index < -0.39 is 0 Å². The molecule has 0 aliphatic heterocycles. The highest BCUT2D eigenvalue weighted by atomic mass is 15.0. The first kappa shape index (κ1) is 17.4. The van der Waals surface area contributed by atoms with Crippen LogP contribution >= 0.6 is 0 Å². The van der Waals surface area contributed by atoms with Crippen LogP contribution in [0.4, 0.5) is 0 Å². The van der Waals surface area contributed by atoms with Gasteiger partial charge in [-0.1, -0.05) is 91.0 Å². The minimum atomic E-state index is 0.821. The standard InChI is InChI=1S/C27H22N2/c1-4-11-21(12-5-1)19-24-26-25(17-10-18-28-26)29(20-22-13-6-2-7-14-22)27(24)23-15-8-3-9-16-23/h1-18H,19-20H2. The van der Waals surface area contributed by atoms with Crippen LogP contribution in [0.5, 0.6) is 0 Å². The van der Waals surface area contributed by atoms with Gasteiger partial charge in [-0.25, -0.2) is 0 Å². The van der Waals surface area contributed by atoms with Crippen LogP contribution in [0.15, 0.2) is 109 Å². The van der Waals surface area contributed by atoms with Gasteiger partial charge in [0.15, 0.2) is 0 Å². The van der Waals surface area contributed by atoms with E-state index in [2.05, 4.69) is 102 Å². The molecule has 0 aliphatic rings. The highest BCUT2D eigenvalue weighted by molar-refractivity contribution is 5.89. The maximum atomic E-state index is 4.80. The Bertz CT molecular complexity index is 1140. The van der Waals surface area contributed by atoms with Gasteiger partial charge in [0.25, 0.3) is 0 Å². The molecule has 0 saturated heterocycles. The maximum Gasteiger partial charge on any atom is 0.0922 e. The van der Waals surface area contributed by atoms with Crippen molar-refractivity contribution < 1.29 is 0 Å². The third-order valence-electron chi connectivity index (χ3n) is 5.37. The number of aromatic nitrogens is 2. The Kier molecular flexibility index (Phi) is 4.67. The third kappa shape index (κ3) is 3.45. The zero-order valence-electron chi connectivity index (χ0n) is 16.2. The van der Waals surface area contributed by atoms with Gasteiger partial charge < -0.3 is 4.57 Å². The van der Waals surface area contributed by atoms with Gasteiger partial charge in [0.05, 0.1) is 16.7 Å². The largest absolute Gasteiger partial charge is 0.334 e. The van der Waals surface area contributed by atoms with E-state index in [4.69, 9.17) is 4.98 Å². The second-order valence-corrected chi connectivity index (χ2v) is 7.30. The van der Waals surface area contributed by atoms with E-state index in [-0.39, 0.29) is 0 Å². The number of nitrogens with zero attached hydrogens (tertiary/aromatic N) is 2. The molecule has 2 heteroatoms. The fourth-order valence-corrected chi connectivity index (χ4v) is 4.07. The SMILES string of the molecule is c1ccc(Cc2c(-c3ccccc3)n(Cc3ccccc3)c3cccnc23)cc1. The predicted octanol–water partition coefficient (Wildman–Crippen LogP) is 6.34. The lowest BCUT2D eigenvalue weighted by Gasteiger charge is -2.13.